The Kier molecular flexibility index (Phi) is 5.01. The van der Waals surface area contributed by atoms with E-state index >= 15 is 0 Å². The van der Waals surface area contributed by atoms with Crippen molar-refractivity contribution in [3.63, 3.8) is 0 Å². The molecule has 0 saturated carbocycles. The molecule has 21 heavy (non-hydrogen) atoms. The van der Waals surface area contributed by atoms with Gasteiger partial charge in [0.1, 0.15) is 23.8 Å². The van der Waals surface area contributed by atoms with E-state index in [9.17, 15) is 21.6 Å². The van der Waals surface area contributed by atoms with Crippen LogP contribution < -0.4 is 19.9 Å². The number of anilines is 1. The van der Waals surface area contributed by atoms with Gasteiger partial charge < -0.3 is 10.5 Å². The molecule has 0 amide bonds. The number of methoxy groups -OCH3 is 1. The van der Waals surface area contributed by atoms with Crippen LogP contribution in [0.1, 0.15) is 5.56 Å². The molecule has 0 unspecified atom stereocenters. The first kappa shape index (κ1) is 17.0. The second kappa shape index (κ2) is 6.18. The average Bonchev–Trinajstić information content (AvgIpc) is 2.35. The summed E-state index contributed by atoms with van der Waals surface area (Å²) in [7, 11) is -3.27. The number of amidine groups is 1. The molecule has 0 atom stereocenters. The molecular formula is C10H13F3N4O3S. The molecule has 0 aliphatic rings. The Labute approximate surface area is 119 Å². The topological polar surface area (TPSA) is 117 Å². The largest absolute Gasteiger partial charge is 0.495 e. The Morgan fingerprint density at radius 2 is 2.05 bits per heavy atom. The van der Waals surface area contributed by atoms with Gasteiger partial charge in [-0.25, -0.2) is 0 Å². The smallest absolute Gasteiger partial charge is 0.402 e. The molecule has 7 nitrogen and oxygen atoms in total. The zero-order chi connectivity index (χ0) is 16.3. The van der Waals surface area contributed by atoms with Gasteiger partial charge in [-0.15, -0.1) is 0 Å². The molecule has 1 aromatic carbocycles. The maximum absolute atomic E-state index is 12.0. The molecule has 1 rings (SSSR count). The third-order valence-electron chi connectivity index (χ3n) is 2.24. The molecule has 11 heteroatoms. The number of nitrogens with one attached hydrogen (secondary N) is 3. The van der Waals surface area contributed by atoms with Crippen molar-refractivity contribution in [2.24, 2.45) is 5.73 Å². The number of ether oxygens (including phenoxy) is 1. The Hall–Kier alpha value is -2.01. The van der Waals surface area contributed by atoms with Crippen LogP contribution in [0.15, 0.2) is 18.2 Å². The fourth-order valence-corrected chi connectivity index (χ4v) is 2.28. The van der Waals surface area contributed by atoms with E-state index in [1.54, 1.807) is 0 Å². The van der Waals surface area contributed by atoms with Crippen LogP contribution in [0.2, 0.25) is 0 Å². The summed E-state index contributed by atoms with van der Waals surface area (Å²) in [5.74, 6) is -0.456. The normalized spacial score (nSPS) is 12.0. The number of hydrogen-bond donors (Lipinski definition) is 4. The molecule has 118 valence electrons. The van der Waals surface area contributed by atoms with Gasteiger partial charge in [-0.2, -0.15) is 26.3 Å². The number of benzene rings is 1. The average molecular weight is 326 g/mol. The number of nitrogens with two attached hydrogens (primary N) is 1. The van der Waals surface area contributed by atoms with Crippen LogP contribution in [0.5, 0.6) is 5.75 Å². The lowest BCUT2D eigenvalue weighted by atomic mass is 10.1. The van der Waals surface area contributed by atoms with Crippen molar-refractivity contribution in [1.29, 1.82) is 5.41 Å². The maximum Gasteiger partial charge on any atom is 0.402 e. The third-order valence-corrected chi connectivity index (χ3v) is 3.23. The maximum atomic E-state index is 12.0. The molecule has 5 N–H and O–H groups in total. The van der Waals surface area contributed by atoms with Gasteiger partial charge in [-0.1, -0.05) is 6.07 Å². The van der Waals surface area contributed by atoms with Gasteiger partial charge in [0.2, 0.25) is 0 Å². The van der Waals surface area contributed by atoms with Crippen LogP contribution in [0.4, 0.5) is 18.9 Å². The van der Waals surface area contributed by atoms with E-state index in [4.69, 9.17) is 15.9 Å². The number of rotatable bonds is 6. The van der Waals surface area contributed by atoms with Crippen LogP contribution in [-0.2, 0) is 10.2 Å². The van der Waals surface area contributed by atoms with Crippen molar-refractivity contribution < 1.29 is 26.3 Å². The molecule has 0 spiro atoms. The second-order valence-corrected chi connectivity index (χ2v) is 5.34. The van der Waals surface area contributed by atoms with Gasteiger partial charge in [0.25, 0.3) is 10.2 Å². The molecular weight excluding hydrogens is 313 g/mol. The van der Waals surface area contributed by atoms with Crippen LogP contribution in [-0.4, -0.2) is 34.1 Å². The highest BCUT2D eigenvalue weighted by Crippen LogP contribution is 2.28. The van der Waals surface area contributed by atoms with Crippen molar-refractivity contribution in [1.82, 2.24) is 4.72 Å². The van der Waals surface area contributed by atoms with E-state index in [0.717, 1.165) is 0 Å². The van der Waals surface area contributed by atoms with Crippen LogP contribution in [0.25, 0.3) is 0 Å². The minimum atomic E-state index is -4.70. The molecule has 1 aromatic rings. The lowest BCUT2D eigenvalue weighted by Crippen LogP contribution is -2.37. The van der Waals surface area contributed by atoms with Gasteiger partial charge in [0.05, 0.1) is 7.11 Å². The van der Waals surface area contributed by atoms with Gasteiger partial charge in [0.15, 0.2) is 0 Å². The minimum absolute atomic E-state index is 0.0140. The first-order valence-electron chi connectivity index (χ1n) is 5.41. The molecule has 0 fully saturated rings. The number of halogens is 3. The van der Waals surface area contributed by atoms with E-state index in [-0.39, 0.29) is 17.0 Å². The summed E-state index contributed by atoms with van der Waals surface area (Å²) < 4.78 is 67.4. The third kappa shape index (κ3) is 5.11. The van der Waals surface area contributed by atoms with Crippen LogP contribution in [0, 0.1) is 5.41 Å². The SMILES string of the molecule is COc1cccc(C(=N)N)c1NS(=O)(=O)NCC(F)(F)F. The summed E-state index contributed by atoms with van der Waals surface area (Å²) in [6, 6.07) is 4.15. The molecule has 0 aliphatic carbocycles. The summed E-state index contributed by atoms with van der Waals surface area (Å²) in [6.45, 7) is -1.73. The first-order valence-corrected chi connectivity index (χ1v) is 6.89. The highest BCUT2D eigenvalue weighted by Gasteiger charge is 2.30. The summed E-state index contributed by atoms with van der Waals surface area (Å²) in [5, 5.41) is 7.34. The molecule has 0 heterocycles. The number of nitrogen functional groups attached to an aromatic ring is 1. The minimum Gasteiger partial charge on any atom is -0.495 e. The Morgan fingerprint density at radius 1 is 1.43 bits per heavy atom. The van der Waals surface area contributed by atoms with Gasteiger partial charge in [-0.05, 0) is 12.1 Å². The first-order chi connectivity index (χ1) is 9.56. The van der Waals surface area contributed by atoms with Gasteiger partial charge in [0, 0.05) is 5.56 Å². The quantitative estimate of drug-likeness (QED) is 0.456. The number of para-hydroxylation sites is 1. The van der Waals surface area contributed by atoms with Crippen LogP contribution in [0.3, 0.4) is 0 Å². The van der Waals surface area contributed by atoms with E-state index < -0.39 is 28.8 Å². The van der Waals surface area contributed by atoms with E-state index in [2.05, 4.69) is 0 Å². The molecule has 0 aromatic heterocycles. The van der Waals surface area contributed by atoms with Crippen molar-refractivity contribution in [3.05, 3.63) is 23.8 Å². The van der Waals surface area contributed by atoms with Gasteiger partial charge in [-0.3, -0.25) is 10.1 Å². The lowest BCUT2D eigenvalue weighted by Gasteiger charge is -2.16. The van der Waals surface area contributed by atoms with Gasteiger partial charge >= 0.3 is 6.18 Å². The predicted molar refractivity (Wildman–Crippen MR) is 70.6 cm³/mol. The highest BCUT2D eigenvalue weighted by molar-refractivity contribution is 7.90. The lowest BCUT2D eigenvalue weighted by molar-refractivity contribution is -0.121. The van der Waals surface area contributed by atoms with Crippen molar-refractivity contribution in [2.45, 2.75) is 6.18 Å². The number of alkyl halides is 3. The Balaban J connectivity index is 3.09. The monoisotopic (exact) mass is 326 g/mol. The zero-order valence-electron chi connectivity index (χ0n) is 10.8. The molecule has 0 bridgehead atoms. The van der Waals surface area contributed by atoms with Crippen molar-refractivity contribution in [3.8, 4) is 5.75 Å². The van der Waals surface area contributed by atoms with E-state index in [1.165, 1.54) is 30.0 Å². The predicted octanol–water partition coefficient (Wildman–Crippen LogP) is 0.788. The molecule has 0 saturated heterocycles. The summed E-state index contributed by atoms with van der Waals surface area (Å²) in [6.07, 6.45) is -4.70. The van der Waals surface area contributed by atoms with E-state index in [0.29, 0.717) is 0 Å². The second-order valence-electron chi connectivity index (χ2n) is 3.84. The zero-order valence-corrected chi connectivity index (χ0v) is 11.6. The number of hydrogen-bond acceptors (Lipinski definition) is 4. The van der Waals surface area contributed by atoms with Crippen molar-refractivity contribution in [2.75, 3.05) is 18.4 Å². The standard InChI is InChI=1S/C10H13F3N4O3S/c1-20-7-4-2-3-6(9(14)15)8(7)17-21(18,19)16-5-10(11,12)13/h2-4,16-17H,5H2,1H3,(H3,14,15). The summed E-state index contributed by atoms with van der Waals surface area (Å²) in [5.41, 5.74) is 5.05. The fraction of sp³-hybridized carbons (Fsp3) is 0.300. The molecule has 0 radical (unpaired) electrons. The Morgan fingerprint density at radius 3 is 2.52 bits per heavy atom. The van der Waals surface area contributed by atoms with Crippen LogP contribution >= 0.6 is 0 Å². The Bertz CT molecular complexity index is 631. The fourth-order valence-electron chi connectivity index (χ4n) is 1.38. The van der Waals surface area contributed by atoms with Crippen molar-refractivity contribution >= 4 is 21.7 Å². The van der Waals surface area contributed by atoms with E-state index in [1.807, 2.05) is 4.72 Å². The summed E-state index contributed by atoms with van der Waals surface area (Å²) >= 11 is 0. The highest BCUT2D eigenvalue weighted by atomic mass is 32.2. The summed E-state index contributed by atoms with van der Waals surface area (Å²) in [4.78, 5) is 0. The molecule has 0 aliphatic heterocycles.